The molecular formula is C13H20N2O3S. The Morgan fingerprint density at radius 1 is 1.32 bits per heavy atom. The van der Waals surface area contributed by atoms with E-state index in [0.29, 0.717) is 19.4 Å². The van der Waals surface area contributed by atoms with E-state index < -0.39 is 22.2 Å². The number of benzene rings is 1. The summed E-state index contributed by atoms with van der Waals surface area (Å²) in [5, 5.41) is 9.70. The van der Waals surface area contributed by atoms with E-state index in [1.165, 1.54) is 4.31 Å². The maximum absolute atomic E-state index is 12.5. The molecule has 106 valence electrons. The van der Waals surface area contributed by atoms with E-state index in [0.717, 1.165) is 5.56 Å². The SMILES string of the molecule is Cc1ccc(S(=O)(=O)N2CCC[C@@H](O)[C@H](N)C2)cc1. The van der Waals surface area contributed by atoms with Crippen molar-refractivity contribution in [3.05, 3.63) is 29.8 Å². The summed E-state index contributed by atoms with van der Waals surface area (Å²) in [7, 11) is -3.52. The van der Waals surface area contributed by atoms with Gasteiger partial charge in [0.1, 0.15) is 0 Å². The normalized spacial score (nSPS) is 26.1. The van der Waals surface area contributed by atoms with Crippen LogP contribution in [-0.2, 0) is 10.0 Å². The number of nitrogens with two attached hydrogens (primary N) is 1. The zero-order valence-corrected chi connectivity index (χ0v) is 11.8. The molecule has 1 fully saturated rings. The summed E-state index contributed by atoms with van der Waals surface area (Å²) in [5.74, 6) is 0. The number of rotatable bonds is 2. The molecule has 5 nitrogen and oxygen atoms in total. The Balaban J connectivity index is 2.26. The van der Waals surface area contributed by atoms with Crippen LogP contribution in [0.4, 0.5) is 0 Å². The first-order valence-electron chi connectivity index (χ1n) is 6.42. The molecular weight excluding hydrogens is 264 g/mol. The van der Waals surface area contributed by atoms with E-state index in [2.05, 4.69) is 0 Å². The van der Waals surface area contributed by atoms with Crippen LogP contribution in [0.2, 0.25) is 0 Å². The molecule has 1 aliphatic rings. The van der Waals surface area contributed by atoms with Gasteiger partial charge in [-0.25, -0.2) is 8.42 Å². The van der Waals surface area contributed by atoms with Crippen LogP contribution in [0.15, 0.2) is 29.2 Å². The first-order chi connectivity index (χ1) is 8.91. The lowest BCUT2D eigenvalue weighted by Gasteiger charge is -2.23. The van der Waals surface area contributed by atoms with Crippen molar-refractivity contribution in [3.63, 3.8) is 0 Å². The van der Waals surface area contributed by atoms with Gasteiger partial charge in [0, 0.05) is 19.1 Å². The van der Waals surface area contributed by atoms with Gasteiger partial charge in [0.25, 0.3) is 0 Å². The molecule has 6 heteroatoms. The van der Waals surface area contributed by atoms with Gasteiger partial charge >= 0.3 is 0 Å². The summed E-state index contributed by atoms with van der Waals surface area (Å²) >= 11 is 0. The first kappa shape index (κ1) is 14.5. The van der Waals surface area contributed by atoms with E-state index in [4.69, 9.17) is 5.73 Å². The zero-order chi connectivity index (χ0) is 14.0. The highest BCUT2D eigenvalue weighted by Gasteiger charge is 2.30. The lowest BCUT2D eigenvalue weighted by molar-refractivity contribution is 0.139. The average Bonchev–Trinajstić information content (AvgIpc) is 2.53. The quantitative estimate of drug-likeness (QED) is 0.827. The summed E-state index contributed by atoms with van der Waals surface area (Å²) in [4.78, 5) is 0.279. The van der Waals surface area contributed by atoms with Gasteiger partial charge in [-0.2, -0.15) is 4.31 Å². The van der Waals surface area contributed by atoms with E-state index >= 15 is 0 Å². The third-order valence-corrected chi connectivity index (χ3v) is 5.35. The maximum atomic E-state index is 12.5. The van der Waals surface area contributed by atoms with Gasteiger partial charge in [-0.3, -0.25) is 0 Å². The number of sulfonamides is 1. The Morgan fingerprint density at radius 3 is 2.58 bits per heavy atom. The molecule has 1 aromatic rings. The van der Waals surface area contributed by atoms with E-state index in [1.54, 1.807) is 24.3 Å². The van der Waals surface area contributed by atoms with Crippen LogP contribution in [0.25, 0.3) is 0 Å². The van der Waals surface area contributed by atoms with Crippen LogP contribution in [-0.4, -0.2) is 43.1 Å². The van der Waals surface area contributed by atoms with Crippen LogP contribution in [0.1, 0.15) is 18.4 Å². The monoisotopic (exact) mass is 284 g/mol. The summed E-state index contributed by atoms with van der Waals surface area (Å²) in [5.41, 5.74) is 6.83. The van der Waals surface area contributed by atoms with E-state index in [1.807, 2.05) is 6.92 Å². The highest BCUT2D eigenvalue weighted by atomic mass is 32.2. The molecule has 0 radical (unpaired) electrons. The fourth-order valence-electron chi connectivity index (χ4n) is 2.22. The largest absolute Gasteiger partial charge is 0.391 e. The van der Waals surface area contributed by atoms with Crippen molar-refractivity contribution >= 4 is 10.0 Å². The Bertz CT molecular complexity index is 527. The van der Waals surface area contributed by atoms with Crippen LogP contribution in [0.5, 0.6) is 0 Å². The van der Waals surface area contributed by atoms with Crippen LogP contribution in [0.3, 0.4) is 0 Å². The minimum absolute atomic E-state index is 0.164. The Morgan fingerprint density at radius 2 is 1.95 bits per heavy atom. The molecule has 0 unspecified atom stereocenters. The van der Waals surface area contributed by atoms with Crippen molar-refractivity contribution < 1.29 is 13.5 Å². The molecule has 1 aliphatic heterocycles. The molecule has 3 N–H and O–H groups in total. The highest BCUT2D eigenvalue weighted by Crippen LogP contribution is 2.20. The molecule has 19 heavy (non-hydrogen) atoms. The van der Waals surface area contributed by atoms with Crippen LogP contribution < -0.4 is 5.73 Å². The standard InChI is InChI=1S/C13H20N2O3S/c1-10-4-6-11(7-5-10)19(17,18)15-8-2-3-13(16)12(14)9-15/h4-7,12-13,16H,2-3,8-9,14H2,1H3/t12-,13-/m1/s1. The summed E-state index contributed by atoms with van der Waals surface area (Å²) < 4.78 is 26.4. The van der Waals surface area contributed by atoms with Crippen molar-refractivity contribution in [2.75, 3.05) is 13.1 Å². The number of nitrogens with zero attached hydrogens (tertiary/aromatic N) is 1. The zero-order valence-electron chi connectivity index (χ0n) is 11.0. The summed E-state index contributed by atoms with van der Waals surface area (Å²) in [6.07, 6.45) is 0.541. The van der Waals surface area contributed by atoms with Gasteiger partial charge in [-0.1, -0.05) is 17.7 Å². The fraction of sp³-hybridized carbons (Fsp3) is 0.538. The van der Waals surface area contributed by atoms with Gasteiger partial charge in [0.15, 0.2) is 0 Å². The Labute approximate surface area is 114 Å². The molecule has 0 spiro atoms. The molecule has 1 heterocycles. The Kier molecular flexibility index (Phi) is 4.25. The third kappa shape index (κ3) is 3.14. The topological polar surface area (TPSA) is 83.6 Å². The molecule has 0 saturated carbocycles. The number of hydrogen-bond donors (Lipinski definition) is 2. The predicted octanol–water partition coefficient (Wildman–Crippen LogP) is 0.468. The number of aliphatic hydroxyl groups excluding tert-OH is 1. The van der Waals surface area contributed by atoms with E-state index in [-0.39, 0.29) is 11.4 Å². The lowest BCUT2D eigenvalue weighted by Crippen LogP contribution is -2.44. The molecule has 2 rings (SSSR count). The number of aryl methyl sites for hydroxylation is 1. The summed E-state index contributed by atoms with van der Waals surface area (Å²) in [6.45, 7) is 2.48. The Hall–Kier alpha value is -0.950. The van der Waals surface area contributed by atoms with Gasteiger partial charge < -0.3 is 10.8 Å². The fourth-order valence-corrected chi connectivity index (χ4v) is 3.73. The van der Waals surface area contributed by atoms with E-state index in [9.17, 15) is 13.5 Å². The minimum Gasteiger partial charge on any atom is -0.391 e. The molecule has 2 atom stereocenters. The lowest BCUT2D eigenvalue weighted by atomic mass is 10.1. The van der Waals surface area contributed by atoms with Crippen molar-refractivity contribution in [1.82, 2.24) is 4.31 Å². The van der Waals surface area contributed by atoms with Crippen molar-refractivity contribution in [2.24, 2.45) is 5.73 Å². The number of aliphatic hydroxyl groups is 1. The smallest absolute Gasteiger partial charge is 0.243 e. The molecule has 0 amide bonds. The number of hydrogen-bond acceptors (Lipinski definition) is 4. The van der Waals surface area contributed by atoms with Crippen molar-refractivity contribution in [2.45, 2.75) is 36.8 Å². The average molecular weight is 284 g/mol. The van der Waals surface area contributed by atoms with Gasteiger partial charge in [0.05, 0.1) is 11.0 Å². The third-order valence-electron chi connectivity index (χ3n) is 3.47. The molecule has 1 aromatic carbocycles. The van der Waals surface area contributed by atoms with Crippen LogP contribution in [0, 0.1) is 6.92 Å². The summed E-state index contributed by atoms with van der Waals surface area (Å²) in [6, 6.07) is 6.25. The second-order valence-corrected chi connectivity index (χ2v) is 6.99. The predicted molar refractivity (Wildman–Crippen MR) is 73.2 cm³/mol. The first-order valence-corrected chi connectivity index (χ1v) is 7.86. The molecule has 0 aliphatic carbocycles. The second-order valence-electron chi connectivity index (χ2n) is 5.05. The van der Waals surface area contributed by atoms with Gasteiger partial charge in [-0.15, -0.1) is 0 Å². The highest BCUT2D eigenvalue weighted by molar-refractivity contribution is 7.89. The van der Waals surface area contributed by atoms with Crippen molar-refractivity contribution in [1.29, 1.82) is 0 Å². The van der Waals surface area contributed by atoms with Gasteiger partial charge in [-0.05, 0) is 31.9 Å². The molecule has 0 bridgehead atoms. The molecule has 0 aromatic heterocycles. The van der Waals surface area contributed by atoms with Crippen molar-refractivity contribution in [3.8, 4) is 0 Å². The molecule has 1 saturated heterocycles. The van der Waals surface area contributed by atoms with Gasteiger partial charge in [0.2, 0.25) is 10.0 Å². The van der Waals surface area contributed by atoms with Crippen LogP contribution >= 0.6 is 0 Å². The second kappa shape index (κ2) is 5.58. The maximum Gasteiger partial charge on any atom is 0.243 e. The minimum atomic E-state index is -3.52.